The summed E-state index contributed by atoms with van der Waals surface area (Å²) < 4.78 is 0.564. The molecule has 1 aliphatic rings. The largest absolute Gasteiger partial charge is 0.480 e. The van der Waals surface area contributed by atoms with Crippen molar-refractivity contribution in [3.8, 4) is 0 Å². The lowest BCUT2D eigenvalue weighted by atomic mass is 10.2. The standard InChI is InChI=1S/C11H11BrN2O3/c12-9-5-1-3-7(13-9)10(15)14-6-2-4-8(14)11(16)17/h1,3,5,8H,2,4,6H2,(H,16,17)/t8-/m0/s1. The van der Waals surface area contributed by atoms with Crippen molar-refractivity contribution in [1.29, 1.82) is 0 Å². The molecule has 1 fully saturated rings. The summed E-state index contributed by atoms with van der Waals surface area (Å²) in [6.07, 6.45) is 1.23. The minimum absolute atomic E-state index is 0.271. The van der Waals surface area contributed by atoms with Crippen molar-refractivity contribution in [2.45, 2.75) is 18.9 Å². The van der Waals surface area contributed by atoms with Gasteiger partial charge >= 0.3 is 5.97 Å². The van der Waals surface area contributed by atoms with Crippen molar-refractivity contribution in [3.63, 3.8) is 0 Å². The van der Waals surface area contributed by atoms with Crippen molar-refractivity contribution < 1.29 is 14.7 Å². The number of aromatic nitrogens is 1. The highest BCUT2D eigenvalue weighted by Gasteiger charge is 2.34. The van der Waals surface area contributed by atoms with E-state index in [4.69, 9.17) is 5.11 Å². The zero-order valence-electron chi connectivity index (χ0n) is 8.97. The van der Waals surface area contributed by atoms with Gasteiger partial charge in [0.1, 0.15) is 16.3 Å². The second kappa shape index (κ2) is 4.83. The quantitative estimate of drug-likeness (QED) is 0.841. The molecule has 0 bridgehead atoms. The summed E-state index contributed by atoms with van der Waals surface area (Å²) >= 11 is 3.18. The zero-order chi connectivity index (χ0) is 12.4. The summed E-state index contributed by atoms with van der Waals surface area (Å²) in [6.45, 7) is 0.476. The summed E-state index contributed by atoms with van der Waals surface area (Å²) in [5, 5.41) is 9.01. The number of carboxylic acid groups (broad SMARTS) is 1. The molecule has 1 saturated heterocycles. The van der Waals surface area contributed by atoms with Gasteiger partial charge in [-0.2, -0.15) is 0 Å². The fourth-order valence-corrected chi connectivity index (χ4v) is 2.28. The third kappa shape index (κ3) is 2.46. The maximum absolute atomic E-state index is 12.1. The van der Waals surface area contributed by atoms with Crippen LogP contribution in [-0.4, -0.2) is 39.5 Å². The van der Waals surface area contributed by atoms with E-state index in [0.29, 0.717) is 17.6 Å². The number of halogens is 1. The molecule has 1 aromatic heterocycles. The van der Waals surface area contributed by atoms with E-state index >= 15 is 0 Å². The van der Waals surface area contributed by atoms with Gasteiger partial charge in [-0.15, -0.1) is 0 Å². The minimum atomic E-state index is -0.953. The molecule has 0 unspecified atom stereocenters. The molecule has 1 N–H and O–H groups in total. The van der Waals surface area contributed by atoms with Gasteiger partial charge in [-0.05, 0) is 40.9 Å². The molecule has 0 saturated carbocycles. The van der Waals surface area contributed by atoms with Crippen molar-refractivity contribution >= 4 is 27.8 Å². The number of likely N-dealkylation sites (tertiary alicyclic amines) is 1. The number of rotatable bonds is 2. The van der Waals surface area contributed by atoms with Crippen LogP contribution in [0.25, 0.3) is 0 Å². The molecule has 5 nitrogen and oxygen atoms in total. The van der Waals surface area contributed by atoms with Crippen molar-refractivity contribution in [2.75, 3.05) is 6.54 Å². The molecule has 17 heavy (non-hydrogen) atoms. The van der Waals surface area contributed by atoms with Gasteiger partial charge in [0, 0.05) is 6.54 Å². The van der Waals surface area contributed by atoms with E-state index in [0.717, 1.165) is 6.42 Å². The first-order valence-electron chi connectivity index (χ1n) is 5.26. The molecule has 1 amide bonds. The van der Waals surface area contributed by atoms with Crippen LogP contribution in [-0.2, 0) is 4.79 Å². The topological polar surface area (TPSA) is 70.5 Å². The van der Waals surface area contributed by atoms with Crippen LogP contribution in [0.1, 0.15) is 23.3 Å². The van der Waals surface area contributed by atoms with Gasteiger partial charge in [0.15, 0.2) is 0 Å². The Balaban J connectivity index is 2.23. The average molecular weight is 299 g/mol. The van der Waals surface area contributed by atoms with Crippen LogP contribution in [0, 0.1) is 0 Å². The third-order valence-corrected chi connectivity index (χ3v) is 3.17. The van der Waals surface area contributed by atoms with E-state index in [1.807, 2.05) is 0 Å². The number of hydrogen-bond donors (Lipinski definition) is 1. The van der Waals surface area contributed by atoms with Gasteiger partial charge < -0.3 is 10.0 Å². The molecular formula is C11H11BrN2O3. The van der Waals surface area contributed by atoms with E-state index in [-0.39, 0.29) is 11.6 Å². The number of hydrogen-bond acceptors (Lipinski definition) is 3. The Morgan fingerprint density at radius 3 is 2.88 bits per heavy atom. The fraction of sp³-hybridized carbons (Fsp3) is 0.364. The predicted octanol–water partition coefficient (Wildman–Crippen LogP) is 1.53. The maximum atomic E-state index is 12.1. The lowest BCUT2D eigenvalue weighted by molar-refractivity contribution is -0.141. The molecule has 0 spiro atoms. The number of aliphatic carboxylic acids is 1. The van der Waals surface area contributed by atoms with E-state index in [1.54, 1.807) is 18.2 Å². The highest BCUT2D eigenvalue weighted by atomic mass is 79.9. The fourth-order valence-electron chi connectivity index (χ4n) is 1.94. The minimum Gasteiger partial charge on any atom is -0.480 e. The van der Waals surface area contributed by atoms with Crippen molar-refractivity contribution in [1.82, 2.24) is 9.88 Å². The molecule has 6 heteroatoms. The van der Waals surface area contributed by atoms with Gasteiger partial charge in [0.25, 0.3) is 5.91 Å². The number of carbonyl (C=O) groups is 2. The van der Waals surface area contributed by atoms with E-state index < -0.39 is 12.0 Å². The molecule has 1 atom stereocenters. The summed E-state index contributed by atoms with van der Waals surface area (Å²) in [4.78, 5) is 28.5. The Morgan fingerprint density at radius 1 is 1.47 bits per heavy atom. The lowest BCUT2D eigenvalue weighted by Gasteiger charge is -2.20. The molecule has 1 aliphatic heterocycles. The molecule has 90 valence electrons. The second-order valence-corrected chi connectivity index (χ2v) is 4.65. The first kappa shape index (κ1) is 12.0. The van der Waals surface area contributed by atoms with Crippen LogP contribution in [0.15, 0.2) is 22.8 Å². The Morgan fingerprint density at radius 2 is 2.24 bits per heavy atom. The molecule has 2 rings (SSSR count). The highest BCUT2D eigenvalue weighted by Crippen LogP contribution is 2.20. The van der Waals surface area contributed by atoms with Crippen LogP contribution < -0.4 is 0 Å². The first-order valence-corrected chi connectivity index (χ1v) is 6.05. The van der Waals surface area contributed by atoms with Crippen LogP contribution in [0.3, 0.4) is 0 Å². The number of pyridine rings is 1. The number of amides is 1. The van der Waals surface area contributed by atoms with Crippen molar-refractivity contribution in [2.24, 2.45) is 0 Å². The van der Waals surface area contributed by atoms with E-state index in [9.17, 15) is 9.59 Å². The Kier molecular flexibility index (Phi) is 3.42. The number of carbonyl (C=O) groups excluding carboxylic acids is 1. The van der Waals surface area contributed by atoms with E-state index in [2.05, 4.69) is 20.9 Å². The second-order valence-electron chi connectivity index (χ2n) is 3.84. The highest BCUT2D eigenvalue weighted by molar-refractivity contribution is 9.10. The van der Waals surface area contributed by atoms with Crippen LogP contribution >= 0.6 is 15.9 Å². The maximum Gasteiger partial charge on any atom is 0.326 e. The Labute approximate surface area is 107 Å². The number of nitrogens with zero attached hydrogens (tertiary/aromatic N) is 2. The van der Waals surface area contributed by atoms with Crippen LogP contribution in [0.4, 0.5) is 0 Å². The summed E-state index contributed by atoms with van der Waals surface area (Å²) in [5.41, 5.74) is 0.271. The van der Waals surface area contributed by atoms with Gasteiger partial charge in [0.2, 0.25) is 0 Å². The van der Waals surface area contributed by atoms with E-state index in [1.165, 1.54) is 4.90 Å². The van der Waals surface area contributed by atoms with Crippen molar-refractivity contribution in [3.05, 3.63) is 28.5 Å². The Hall–Kier alpha value is -1.43. The van der Waals surface area contributed by atoms with Gasteiger partial charge in [-0.3, -0.25) is 4.79 Å². The monoisotopic (exact) mass is 298 g/mol. The third-order valence-electron chi connectivity index (χ3n) is 2.73. The molecule has 1 aromatic rings. The summed E-state index contributed by atoms with van der Waals surface area (Å²) in [5.74, 6) is -1.28. The molecular weight excluding hydrogens is 288 g/mol. The first-order chi connectivity index (χ1) is 8.09. The Bertz CT molecular complexity index is 464. The van der Waals surface area contributed by atoms with Gasteiger partial charge in [-0.25, -0.2) is 9.78 Å². The SMILES string of the molecule is O=C(O)[C@@H]1CCCN1C(=O)c1cccc(Br)n1. The molecule has 0 radical (unpaired) electrons. The predicted molar refractivity (Wildman–Crippen MR) is 63.6 cm³/mol. The zero-order valence-corrected chi connectivity index (χ0v) is 10.6. The molecule has 2 heterocycles. The smallest absolute Gasteiger partial charge is 0.326 e. The van der Waals surface area contributed by atoms with Gasteiger partial charge in [0.05, 0.1) is 0 Å². The molecule has 0 aliphatic carbocycles. The van der Waals surface area contributed by atoms with Gasteiger partial charge in [-0.1, -0.05) is 6.07 Å². The van der Waals surface area contributed by atoms with Crippen LogP contribution in [0.5, 0.6) is 0 Å². The van der Waals surface area contributed by atoms with Crippen LogP contribution in [0.2, 0.25) is 0 Å². The summed E-state index contributed by atoms with van der Waals surface area (Å²) in [6, 6.07) is 4.29. The summed E-state index contributed by atoms with van der Waals surface area (Å²) in [7, 11) is 0. The number of carboxylic acids is 1. The average Bonchev–Trinajstić information content (AvgIpc) is 2.77. The molecule has 0 aromatic carbocycles. The normalized spacial score (nSPS) is 19.4. The lowest BCUT2D eigenvalue weighted by Crippen LogP contribution is -2.40.